The fraction of sp³-hybridized carbons (Fsp3) is 0.533. The minimum atomic E-state index is -0.857. The summed E-state index contributed by atoms with van der Waals surface area (Å²) in [7, 11) is 3.80. The largest absolute Gasteiger partial charge is 0.388 e. The second kappa shape index (κ2) is 7.52. The fourth-order valence-electron chi connectivity index (χ4n) is 1.87. The van der Waals surface area contributed by atoms with E-state index in [4.69, 9.17) is 11.6 Å². The molecule has 0 aliphatic carbocycles. The number of aliphatic hydroxyl groups is 1. The minimum absolute atomic E-state index is 0.218. The molecule has 1 rings (SSSR count). The monoisotopic (exact) mass is 313 g/mol. The maximum absolute atomic E-state index is 11.8. The molecule has 5 nitrogen and oxygen atoms in total. The maximum Gasteiger partial charge on any atom is 0.319 e. The molecule has 2 amide bonds. The van der Waals surface area contributed by atoms with Crippen LogP contribution < -0.4 is 15.5 Å². The molecule has 1 aromatic carbocycles. The molecule has 1 aromatic rings. The van der Waals surface area contributed by atoms with Crippen LogP contribution in [0.4, 0.5) is 16.2 Å². The number of benzene rings is 1. The highest BCUT2D eigenvalue weighted by molar-refractivity contribution is 6.33. The molecule has 0 heterocycles. The van der Waals surface area contributed by atoms with Crippen LogP contribution in [-0.2, 0) is 0 Å². The van der Waals surface area contributed by atoms with Crippen LogP contribution in [0.5, 0.6) is 0 Å². The van der Waals surface area contributed by atoms with E-state index in [0.29, 0.717) is 23.6 Å². The van der Waals surface area contributed by atoms with Crippen molar-refractivity contribution in [3.8, 4) is 0 Å². The van der Waals surface area contributed by atoms with Gasteiger partial charge in [-0.05, 0) is 31.0 Å². The lowest BCUT2D eigenvalue weighted by Gasteiger charge is -2.25. The number of anilines is 2. The van der Waals surface area contributed by atoms with Crippen molar-refractivity contribution < 1.29 is 9.90 Å². The molecule has 0 aromatic heterocycles. The summed E-state index contributed by atoms with van der Waals surface area (Å²) in [5, 5.41) is 16.1. The quantitative estimate of drug-likeness (QED) is 0.756. The van der Waals surface area contributed by atoms with Crippen molar-refractivity contribution in [2.45, 2.75) is 32.3 Å². The Morgan fingerprint density at radius 1 is 1.33 bits per heavy atom. The van der Waals surface area contributed by atoms with Crippen LogP contribution in [0.1, 0.15) is 26.7 Å². The molecule has 0 radical (unpaired) electrons. The number of amides is 2. The van der Waals surface area contributed by atoms with Gasteiger partial charge in [0.1, 0.15) is 0 Å². The van der Waals surface area contributed by atoms with Crippen molar-refractivity contribution in [3.05, 3.63) is 23.2 Å². The summed E-state index contributed by atoms with van der Waals surface area (Å²) in [5.41, 5.74) is 0.637. The van der Waals surface area contributed by atoms with Gasteiger partial charge < -0.3 is 20.6 Å². The molecule has 0 saturated heterocycles. The van der Waals surface area contributed by atoms with E-state index in [1.807, 2.05) is 38.9 Å². The first kappa shape index (κ1) is 17.6. The van der Waals surface area contributed by atoms with Gasteiger partial charge in [0.2, 0.25) is 0 Å². The molecular weight excluding hydrogens is 290 g/mol. The summed E-state index contributed by atoms with van der Waals surface area (Å²) in [5.74, 6) is 0. The van der Waals surface area contributed by atoms with E-state index < -0.39 is 5.60 Å². The predicted molar refractivity (Wildman–Crippen MR) is 88.3 cm³/mol. The first-order valence-corrected chi connectivity index (χ1v) is 7.43. The summed E-state index contributed by atoms with van der Waals surface area (Å²) in [6.07, 6.45) is 1.18. The average molecular weight is 314 g/mol. The molecule has 0 bridgehead atoms. The molecule has 0 spiro atoms. The first-order valence-electron chi connectivity index (χ1n) is 7.05. The Bertz CT molecular complexity index is 488. The lowest BCUT2D eigenvalue weighted by Crippen LogP contribution is -2.43. The number of carbonyl (C=O) groups is 1. The molecule has 0 fully saturated rings. The van der Waals surface area contributed by atoms with Crippen LogP contribution in [0.3, 0.4) is 0 Å². The SMILES string of the molecule is CCC(O)(CC)CNC(=O)Nc1ccc(N(C)C)c(Cl)c1. The van der Waals surface area contributed by atoms with Crippen LogP contribution in [-0.4, -0.2) is 37.4 Å². The zero-order chi connectivity index (χ0) is 16.0. The zero-order valence-corrected chi connectivity index (χ0v) is 13.8. The van der Waals surface area contributed by atoms with Crippen molar-refractivity contribution >= 4 is 29.0 Å². The van der Waals surface area contributed by atoms with Crippen molar-refractivity contribution in [1.82, 2.24) is 5.32 Å². The van der Waals surface area contributed by atoms with E-state index in [-0.39, 0.29) is 12.6 Å². The molecule has 0 atom stereocenters. The smallest absolute Gasteiger partial charge is 0.319 e. The molecule has 118 valence electrons. The Morgan fingerprint density at radius 2 is 1.95 bits per heavy atom. The first-order chi connectivity index (χ1) is 9.81. The Hall–Kier alpha value is -1.46. The third-order valence-corrected chi connectivity index (χ3v) is 3.88. The summed E-state index contributed by atoms with van der Waals surface area (Å²) in [4.78, 5) is 13.7. The van der Waals surface area contributed by atoms with Gasteiger partial charge in [-0.25, -0.2) is 4.79 Å². The zero-order valence-electron chi connectivity index (χ0n) is 13.0. The normalized spacial score (nSPS) is 11.1. The number of nitrogens with zero attached hydrogens (tertiary/aromatic N) is 1. The van der Waals surface area contributed by atoms with E-state index in [1.54, 1.807) is 12.1 Å². The predicted octanol–water partition coefficient (Wildman–Crippen LogP) is 3.08. The Balaban J connectivity index is 2.61. The van der Waals surface area contributed by atoms with Crippen molar-refractivity contribution in [2.75, 3.05) is 30.9 Å². The van der Waals surface area contributed by atoms with Crippen LogP contribution in [0.25, 0.3) is 0 Å². The average Bonchev–Trinajstić information content (AvgIpc) is 2.44. The standard InChI is InChI=1S/C15H24ClN3O2/c1-5-15(21,6-2)10-17-14(20)18-11-7-8-13(19(3)4)12(16)9-11/h7-9,21H,5-6,10H2,1-4H3,(H2,17,18,20). The Kier molecular flexibility index (Phi) is 6.30. The van der Waals surface area contributed by atoms with E-state index in [0.717, 1.165) is 5.69 Å². The second-order valence-electron chi connectivity index (χ2n) is 5.30. The van der Waals surface area contributed by atoms with Gasteiger partial charge in [0.05, 0.1) is 16.3 Å². The number of urea groups is 1. The van der Waals surface area contributed by atoms with Crippen LogP contribution in [0, 0.1) is 0 Å². The van der Waals surface area contributed by atoms with E-state index >= 15 is 0 Å². The van der Waals surface area contributed by atoms with Gasteiger partial charge in [-0.1, -0.05) is 25.4 Å². The van der Waals surface area contributed by atoms with Gasteiger partial charge in [-0.2, -0.15) is 0 Å². The number of hydrogen-bond donors (Lipinski definition) is 3. The van der Waals surface area contributed by atoms with Gasteiger partial charge in [-0.3, -0.25) is 0 Å². The molecule has 0 unspecified atom stereocenters. The fourth-order valence-corrected chi connectivity index (χ4v) is 2.22. The number of nitrogens with one attached hydrogen (secondary N) is 2. The number of hydrogen-bond acceptors (Lipinski definition) is 3. The summed E-state index contributed by atoms with van der Waals surface area (Å²) >= 11 is 6.15. The van der Waals surface area contributed by atoms with Crippen molar-refractivity contribution in [3.63, 3.8) is 0 Å². The van der Waals surface area contributed by atoms with E-state index in [2.05, 4.69) is 10.6 Å². The third-order valence-electron chi connectivity index (χ3n) is 3.58. The highest BCUT2D eigenvalue weighted by Gasteiger charge is 2.22. The Morgan fingerprint density at radius 3 is 2.43 bits per heavy atom. The maximum atomic E-state index is 11.8. The summed E-state index contributed by atoms with van der Waals surface area (Å²) in [6.45, 7) is 4.00. The van der Waals surface area contributed by atoms with Crippen LogP contribution in [0.2, 0.25) is 5.02 Å². The van der Waals surface area contributed by atoms with E-state index in [1.165, 1.54) is 0 Å². The van der Waals surface area contributed by atoms with Crippen molar-refractivity contribution in [2.24, 2.45) is 0 Å². The van der Waals surface area contributed by atoms with E-state index in [9.17, 15) is 9.90 Å². The molecular formula is C15H24ClN3O2. The van der Waals surface area contributed by atoms with Crippen LogP contribution in [0.15, 0.2) is 18.2 Å². The summed E-state index contributed by atoms with van der Waals surface area (Å²) in [6, 6.07) is 4.96. The molecule has 0 aliphatic heterocycles. The minimum Gasteiger partial charge on any atom is -0.388 e. The molecule has 0 saturated carbocycles. The Labute approximate surface area is 131 Å². The van der Waals surface area contributed by atoms with Gasteiger partial charge in [0.25, 0.3) is 0 Å². The molecule has 21 heavy (non-hydrogen) atoms. The van der Waals surface area contributed by atoms with Gasteiger partial charge in [0.15, 0.2) is 0 Å². The lowest BCUT2D eigenvalue weighted by molar-refractivity contribution is 0.0354. The third kappa shape index (κ3) is 5.10. The van der Waals surface area contributed by atoms with Gasteiger partial charge >= 0.3 is 6.03 Å². The molecule has 0 aliphatic rings. The van der Waals surface area contributed by atoms with Gasteiger partial charge in [-0.15, -0.1) is 0 Å². The topological polar surface area (TPSA) is 64.6 Å². The lowest BCUT2D eigenvalue weighted by atomic mass is 9.98. The molecule has 3 N–H and O–H groups in total. The second-order valence-corrected chi connectivity index (χ2v) is 5.71. The summed E-state index contributed by atoms with van der Waals surface area (Å²) < 4.78 is 0. The number of halogens is 1. The highest BCUT2D eigenvalue weighted by atomic mass is 35.5. The van der Waals surface area contributed by atoms with Crippen molar-refractivity contribution in [1.29, 1.82) is 0 Å². The highest BCUT2D eigenvalue weighted by Crippen LogP contribution is 2.27. The number of rotatable bonds is 6. The van der Waals surface area contributed by atoms with Crippen LogP contribution >= 0.6 is 11.6 Å². The van der Waals surface area contributed by atoms with Gasteiger partial charge in [0, 0.05) is 26.3 Å². The number of carbonyl (C=O) groups excluding carboxylic acids is 1. The molecule has 6 heteroatoms.